The Morgan fingerprint density at radius 2 is 1.96 bits per heavy atom. The van der Waals surface area contributed by atoms with Gasteiger partial charge in [-0.3, -0.25) is 4.79 Å². The largest absolute Gasteiger partial charge is 0.424 e. The van der Waals surface area contributed by atoms with Crippen molar-refractivity contribution in [2.75, 3.05) is 0 Å². The van der Waals surface area contributed by atoms with Crippen LogP contribution in [-0.2, 0) is 0 Å². The minimum absolute atomic E-state index is 0.157. The normalized spacial score (nSPS) is 12.4. The van der Waals surface area contributed by atoms with Gasteiger partial charge in [0.25, 0.3) is 5.56 Å². The Hall–Kier alpha value is -3.00. The van der Waals surface area contributed by atoms with Crippen LogP contribution >= 0.6 is 11.8 Å². The van der Waals surface area contributed by atoms with Crippen molar-refractivity contribution in [2.24, 2.45) is 0 Å². The molecule has 1 aromatic carbocycles. The highest BCUT2D eigenvalue weighted by molar-refractivity contribution is 7.99. The van der Waals surface area contributed by atoms with E-state index < -0.39 is 0 Å². The number of nitrogens with zero attached hydrogens (tertiary/aromatic N) is 5. The zero-order valence-corrected chi connectivity index (χ0v) is 15.9. The van der Waals surface area contributed by atoms with Crippen molar-refractivity contribution >= 4 is 22.7 Å². The molecule has 0 aliphatic rings. The van der Waals surface area contributed by atoms with Crippen molar-refractivity contribution in [3.05, 3.63) is 70.3 Å². The van der Waals surface area contributed by atoms with Crippen LogP contribution in [0.4, 0.5) is 0 Å². The topological polar surface area (TPSA) is 86.7 Å². The number of rotatable bonds is 4. The lowest BCUT2D eigenvalue weighted by Gasteiger charge is -2.14. The van der Waals surface area contributed by atoms with Crippen LogP contribution in [-0.4, -0.2) is 24.7 Å². The molecule has 8 heteroatoms. The highest BCUT2D eigenvalue weighted by Crippen LogP contribution is 2.33. The summed E-state index contributed by atoms with van der Waals surface area (Å²) in [6, 6.07) is 11.1. The molecular formula is C19H17N5O2S. The van der Waals surface area contributed by atoms with Gasteiger partial charge in [0.15, 0.2) is 5.16 Å². The maximum atomic E-state index is 13.2. The highest BCUT2D eigenvalue weighted by atomic mass is 32.2. The Morgan fingerprint density at radius 3 is 2.70 bits per heavy atom. The molecular weight excluding hydrogens is 362 g/mol. The number of hydrogen-bond acceptors (Lipinski definition) is 7. The van der Waals surface area contributed by atoms with Gasteiger partial charge in [-0.15, -0.1) is 10.2 Å². The van der Waals surface area contributed by atoms with Crippen molar-refractivity contribution in [3.8, 4) is 5.82 Å². The molecule has 4 aromatic rings. The summed E-state index contributed by atoms with van der Waals surface area (Å²) in [6.07, 6.45) is 1.69. The summed E-state index contributed by atoms with van der Waals surface area (Å²) in [5, 5.41) is 8.86. The van der Waals surface area contributed by atoms with E-state index in [4.69, 9.17) is 9.40 Å². The van der Waals surface area contributed by atoms with Gasteiger partial charge >= 0.3 is 0 Å². The quantitative estimate of drug-likeness (QED) is 0.395. The summed E-state index contributed by atoms with van der Waals surface area (Å²) in [4.78, 5) is 22.3. The zero-order chi connectivity index (χ0) is 19.0. The van der Waals surface area contributed by atoms with E-state index in [1.54, 1.807) is 23.8 Å². The van der Waals surface area contributed by atoms with Crippen LogP contribution in [0.15, 0.2) is 57.0 Å². The monoisotopic (exact) mass is 379 g/mol. The second kappa shape index (κ2) is 6.96. The van der Waals surface area contributed by atoms with Gasteiger partial charge in [-0.1, -0.05) is 23.9 Å². The van der Waals surface area contributed by atoms with Crippen LogP contribution in [0.2, 0.25) is 0 Å². The predicted octanol–water partition coefficient (Wildman–Crippen LogP) is 3.63. The van der Waals surface area contributed by atoms with Crippen LogP contribution in [0.25, 0.3) is 16.7 Å². The molecule has 0 saturated carbocycles. The van der Waals surface area contributed by atoms with Crippen LogP contribution in [0.1, 0.15) is 29.5 Å². The van der Waals surface area contributed by atoms with Crippen molar-refractivity contribution in [2.45, 2.75) is 31.2 Å². The summed E-state index contributed by atoms with van der Waals surface area (Å²) in [6.45, 7) is 5.64. The van der Waals surface area contributed by atoms with Crippen molar-refractivity contribution < 1.29 is 4.42 Å². The molecule has 0 aliphatic carbocycles. The minimum Gasteiger partial charge on any atom is -0.424 e. The molecule has 0 N–H and O–H groups in total. The van der Waals surface area contributed by atoms with Crippen LogP contribution in [0.5, 0.6) is 0 Å². The van der Waals surface area contributed by atoms with Gasteiger partial charge in [-0.2, -0.15) is 0 Å². The van der Waals surface area contributed by atoms with E-state index >= 15 is 0 Å². The van der Waals surface area contributed by atoms with Crippen molar-refractivity contribution in [1.29, 1.82) is 0 Å². The lowest BCUT2D eigenvalue weighted by Crippen LogP contribution is -2.23. The SMILES string of the molecule is Cc1ccnc(-n2c(SC(C)c3nnc(C)o3)nc3ccccc3c2=O)c1. The van der Waals surface area contributed by atoms with E-state index in [0.29, 0.717) is 33.7 Å². The average molecular weight is 379 g/mol. The van der Waals surface area contributed by atoms with Gasteiger partial charge in [0.05, 0.1) is 16.2 Å². The average Bonchev–Trinajstić information content (AvgIpc) is 3.08. The second-order valence-corrected chi connectivity index (χ2v) is 7.47. The lowest BCUT2D eigenvalue weighted by atomic mass is 10.2. The molecule has 3 aromatic heterocycles. The maximum Gasteiger partial charge on any atom is 0.267 e. The van der Waals surface area contributed by atoms with Gasteiger partial charge in [0.1, 0.15) is 5.82 Å². The van der Waals surface area contributed by atoms with Gasteiger partial charge in [0, 0.05) is 13.1 Å². The first-order chi connectivity index (χ1) is 13.0. The van der Waals surface area contributed by atoms with E-state index in [0.717, 1.165) is 5.56 Å². The molecule has 136 valence electrons. The first-order valence-electron chi connectivity index (χ1n) is 8.44. The number of aromatic nitrogens is 5. The number of fused-ring (bicyclic) bond motifs is 1. The Morgan fingerprint density at radius 1 is 1.15 bits per heavy atom. The molecule has 3 heterocycles. The molecule has 0 aliphatic heterocycles. The first kappa shape index (κ1) is 17.4. The molecule has 1 atom stereocenters. The predicted molar refractivity (Wildman–Crippen MR) is 103 cm³/mol. The van der Waals surface area contributed by atoms with Crippen molar-refractivity contribution in [1.82, 2.24) is 24.7 Å². The molecule has 27 heavy (non-hydrogen) atoms. The molecule has 4 rings (SSSR count). The molecule has 1 unspecified atom stereocenters. The number of hydrogen-bond donors (Lipinski definition) is 0. The van der Waals surface area contributed by atoms with Crippen molar-refractivity contribution in [3.63, 3.8) is 0 Å². The second-order valence-electron chi connectivity index (χ2n) is 6.16. The summed E-state index contributed by atoms with van der Waals surface area (Å²) >= 11 is 1.38. The van der Waals surface area contributed by atoms with E-state index in [2.05, 4.69) is 15.2 Å². The van der Waals surface area contributed by atoms with Crippen LogP contribution < -0.4 is 5.56 Å². The summed E-state index contributed by atoms with van der Waals surface area (Å²) in [5.41, 5.74) is 1.49. The third-order valence-electron chi connectivity index (χ3n) is 4.05. The highest BCUT2D eigenvalue weighted by Gasteiger charge is 2.20. The number of benzene rings is 1. The third kappa shape index (κ3) is 3.35. The third-order valence-corrected chi connectivity index (χ3v) is 5.09. The van der Waals surface area contributed by atoms with Crippen LogP contribution in [0, 0.1) is 13.8 Å². The summed E-state index contributed by atoms with van der Waals surface area (Å²) in [7, 11) is 0. The Bertz CT molecular complexity index is 1180. The van der Waals surface area contributed by atoms with E-state index in [1.807, 2.05) is 44.2 Å². The lowest BCUT2D eigenvalue weighted by molar-refractivity contribution is 0.470. The Balaban J connectivity index is 1.89. The standard InChI is InChI=1S/C19H17N5O2S/c1-11-8-9-20-16(10-11)24-18(25)14-6-4-5-7-15(14)21-19(24)27-12(2)17-23-22-13(3)26-17/h4-10,12H,1-3H3. The van der Waals surface area contributed by atoms with Gasteiger partial charge in [-0.05, 0) is 43.7 Å². The molecule has 0 bridgehead atoms. The van der Waals surface area contributed by atoms with Gasteiger partial charge < -0.3 is 4.42 Å². The molecule has 7 nitrogen and oxygen atoms in total. The van der Waals surface area contributed by atoms with E-state index in [-0.39, 0.29) is 10.8 Å². The fourth-order valence-corrected chi connectivity index (χ4v) is 3.67. The first-order valence-corrected chi connectivity index (χ1v) is 9.32. The smallest absolute Gasteiger partial charge is 0.267 e. The van der Waals surface area contributed by atoms with E-state index in [9.17, 15) is 4.79 Å². The fraction of sp³-hybridized carbons (Fsp3) is 0.211. The zero-order valence-electron chi connectivity index (χ0n) is 15.1. The van der Waals surface area contributed by atoms with Crippen LogP contribution in [0.3, 0.4) is 0 Å². The number of thioether (sulfide) groups is 1. The Labute approximate surface area is 159 Å². The summed E-state index contributed by atoms with van der Waals surface area (Å²) in [5.74, 6) is 1.53. The molecule has 0 spiro atoms. The number of para-hydroxylation sites is 1. The summed E-state index contributed by atoms with van der Waals surface area (Å²) < 4.78 is 7.07. The Kier molecular flexibility index (Phi) is 4.49. The number of aryl methyl sites for hydroxylation is 2. The molecule has 0 radical (unpaired) electrons. The van der Waals surface area contributed by atoms with Gasteiger partial charge in [-0.25, -0.2) is 14.5 Å². The molecule has 0 saturated heterocycles. The molecule has 0 amide bonds. The fourth-order valence-electron chi connectivity index (χ4n) is 2.72. The van der Waals surface area contributed by atoms with E-state index in [1.165, 1.54) is 11.8 Å². The number of pyridine rings is 1. The van der Waals surface area contributed by atoms with Gasteiger partial charge in [0.2, 0.25) is 11.8 Å². The maximum absolute atomic E-state index is 13.2. The minimum atomic E-state index is -0.171. The molecule has 0 fully saturated rings.